The van der Waals surface area contributed by atoms with E-state index in [0.717, 1.165) is 18.1 Å². The number of hydrogen-bond donors (Lipinski definition) is 0. The molecular formula is C25H20N2O7S2. The third kappa shape index (κ3) is 5.25. The van der Waals surface area contributed by atoms with Gasteiger partial charge in [-0.3, -0.25) is 4.79 Å². The number of hydrogen-bond acceptors (Lipinski definition) is 8. The Kier molecular flexibility index (Phi) is 6.58. The SMILES string of the molecule is CS(=O)(=O)N(c1ccc(-c2coc3cc(OCc4cccc(C#N)c4)ccc3c2=O)cc1)S(C)(=O)=O. The molecule has 0 unspecified atom stereocenters. The summed E-state index contributed by atoms with van der Waals surface area (Å²) in [5.74, 6) is 0.478. The largest absolute Gasteiger partial charge is 0.489 e. The first-order valence-corrected chi connectivity index (χ1v) is 14.2. The molecule has 0 N–H and O–H groups in total. The van der Waals surface area contributed by atoms with E-state index in [9.17, 15) is 21.6 Å². The molecule has 0 aliphatic carbocycles. The fourth-order valence-electron chi connectivity index (χ4n) is 3.69. The molecule has 184 valence electrons. The van der Waals surface area contributed by atoms with Crippen LogP contribution in [-0.4, -0.2) is 29.3 Å². The first-order valence-electron chi connectivity index (χ1n) is 10.5. The van der Waals surface area contributed by atoms with Gasteiger partial charge in [0.25, 0.3) is 0 Å². The lowest BCUT2D eigenvalue weighted by Crippen LogP contribution is -2.35. The number of nitriles is 1. The Morgan fingerprint density at radius 1 is 0.944 bits per heavy atom. The fourth-order valence-corrected chi connectivity index (χ4v) is 6.66. The number of benzene rings is 3. The molecule has 36 heavy (non-hydrogen) atoms. The molecule has 0 aliphatic rings. The van der Waals surface area contributed by atoms with E-state index in [4.69, 9.17) is 14.4 Å². The van der Waals surface area contributed by atoms with Gasteiger partial charge in [-0.2, -0.15) is 8.97 Å². The van der Waals surface area contributed by atoms with Crippen molar-refractivity contribution in [2.75, 3.05) is 16.2 Å². The Hall–Kier alpha value is -4.14. The highest BCUT2D eigenvalue weighted by Crippen LogP contribution is 2.27. The maximum absolute atomic E-state index is 13.1. The first kappa shape index (κ1) is 25.0. The van der Waals surface area contributed by atoms with Crippen LogP contribution < -0.4 is 13.9 Å². The van der Waals surface area contributed by atoms with Gasteiger partial charge in [-0.1, -0.05) is 24.3 Å². The summed E-state index contributed by atoms with van der Waals surface area (Å²) in [5, 5.41) is 9.32. The topological polar surface area (TPSA) is 135 Å². The van der Waals surface area contributed by atoms with Gasteiger partial charge >= 0.3 is 0 Å². The minimum atomic E-state index is -4.08. The molecule has 0 aliphatic heterocycles. The molecular weight excluding hydrogens is 504 g/mol. The summed E-state index contributed by atoms with van der Waals surface area (Å²) in [6, 6.07) is 19.4. The van der Waals surface area contributed by atoms with Gasteiger partial charge in [0, 0.05) is 6.07 Å². The van der Waals surface area contributed by atoms with Crippen LogP contribution in [0.2, 0.25) is 0 Å². The highest BCUT2D eigenvalue weighted by Gasteiger charge is 2.27. The van der Waals surface area contributed by atoms with Crippen molar-refractivity contribution in [1.82, 2.24) is 0 Å². The number of fused-ring (bicyclic) bond motifs is 1. The molecule has 0 saturated heterocycles. The van der Waals surface area contributed by atoms with Crippen LogP contribution in [-0.2, 0) is 26.7 Å². The fraction of sp³-hybridized carbons (Fsp3) is 0.120. The highest BCUT2D eigenvalue weighted by molar-refractivity contribution is 8.09. The molecule has 4 aromatic rings. The second-order valence-corrected chi connectivity index (χ2v) is 11.9. The Morgan fingerprint density at radius 2 is 1.64 bits per heavy atom. The van der Waals surface area contributed by atoms with Gasteiger partial charge in [0.05, 0.1) is 40.8 Å². The normalized spacial score (nSPS) is 11.7. The van der Waals surface area contributed by atoms with Gasteiger partial charge < -0.3 is 9.15 Å². The van der Waals surface area contributed by atoms with E-state index >= 15 is 0 Å². The van der Waals surface area contributed by atoms with Crippen LogP contribution in [0.3, 0.4) is 0 Å². The van der Waals surface area contributed by atoms with Gasteiger partial charge in [0.15, 0.2) is 5.43 Å². The van der Waals surface area contributed by atoms with Gasteiger partial charge in [-0.25, -0.2) is 16.8 Å². The van der Waals surface area contributed by atoms with E-state index in [-0.39, 0.29) is 23.3 Å². The molecule has 0 fully saturated rings. The molecule has 0 spiro atoms. The quantitative estimate of drug-likeness (QED) is 0.358. The van der Waals surface area contributed by atoms with E-state index < -0.39 is 20.0 Å². The molecule has 0 bridgehead atoms. The van der Waals surface area contributed by atoms with E-state index in [2.05, 4.69) is 6.07 Å². The second-order valence-electron chi connectivity index (χ2n) is 8.01. The van der Waals surface area contributed by atoms with Crippen molar-refractivity contribution in [2.24, 2.45) is 0 Å². The van der Waals surface area contributed by atoms with Gasteiger partial charge in [-0.15, -0.1) is 0 Å². The summed E-state index contributed by atoms with van der Waals surface area (Å²) in [5.41, 5.74) is 1.91. The van der Waals surface area contributed by atoms with Crippen molar-refractivity contribution in [3.8, 4) is 22.9 Å². The molecule has 1 heterocycles. The molecule has 9 nitrogen and oxygen atoms in total. The van der Waals surface area contributed by atoms with Crippen LogP contribution in [0.5, 0.6) is 5.75 Å². The zero-order valence-electron chi connectivity index (χ0n) is 19.2. The molecule has 0 amide bonds. The van der Waals surface area contributed by atoms with Crippen molar-refractivity contribution in [3.05, 3.63) is 94.3 Å². The van der Waals surface area contributed by atoms with Crippen LogP contribution in [0.4, 0.5) is 5.69 Å². The summed E-state index contributed by atoms with van der Waals surface area (Å²) in [4.78, 5) is 13.1. The van der Waals surface area contributed by atoms with Crippen molar-refractivity contribution < 1.29 is 26.0 Å². The molecule has 0 atom stereocenters. The lowest BCUT2D eigenvalue weighted by molar-refractivity contribution is 0.306. The summed E-state index contributed by atoms with van der Waals surface area (Å²) < 4.78 is 59.7. The second kappa shape index (κ2) is 9.49. The third-order valence-corrected chi connectivity index (χ3v) is 8.45. The van der Waals surface area contributed by atoms with Gasteiger partial charge in [0.2, 0.25) is 20.0 Å². The summed E-state index contributed by atoms with van der Waals surface area (Å²) in [6.45, 7) is 0.230. The molecule has 0 radical (unpaired) electrons. The molecule has 1 aromatic heterocycles. The molecule has 11 heteroatoms. The summed E-state index contributed by atoms with van der Waals surface area (Å²) in [7, 11) is -8.16. The van der Waals surface area contributed by atoms with Crippen LogP contribution in [0.15, 0.2) is 82.2 Å². The lowest BCUT2D eigenvalue weighted by atomic mass is 10.1. The van der Waals surface area contributed by atoms with Gasteiger partial charge in [-0.05, 0) is 47.5 Å². The average molecular weight is 525 g/mol. The Bertz CT molecular complexity index is 1740. The molecule has 3 aromatic carbocycles. The number of sulfonamides is 2. The Balaban J connectivity index is 1.61. The first-order chi connectivity index (χ1) is 17.0. The average Bonchev–Trinajstić information content (AvgIpc) is 2.82. The Morgan fingerprint density at radius 3 is 2.28 bits per heavy atom. The standard InChI is InChI=1S/C25H20N2O7S2/c1-35(29,30)27(36(2,31)32)20-8-6-19(7-9-20)23-16-34-24-13-21(10-11-22(24)25(23)28)33-15-18-5-3-4-17(12-18)14-26/h3-13,16H,15H2,1-2H3. The van der Waals surface area contributed by atoms with E-state index in [0.29, 0.717) is 31.6 Å². The zero-order chi connectivity index (χ0) is 26.1. The number of anilines is 1. The Labute approximate surface area is 207 Å². The van der Waals surface area contributed by atoms with Crippen LogP contribution in [0.25, 0.3) is 22.1 Å². The van der Waals surface area contributed by atoms with Crippen molar-refractivity contribution >= 4 is 36.7 Å². The van der Waals surface area contributed by atoms with Crippen molar-refractivity contribution in [1.29, 1.82) is 5.26 Å². The third-order valence-electron chi connectivity index (χ3n) is 5.20. The van der Waals surface area contributed by atoms with Crippen LogP contribution >= 0.6 is 0 Å². The van der Waals surface area contributed by atoms with Crippen LogP contribution in [0, 0.1) is 11.3 Å². The predicted molar refractivity (Wildman–Crippen MR) is 136 cm³/mol. The highest BCUT2D eigenvalue weighted by atomic mass is 32.3. The number of ether oxygens (including phenoxy) is 1. The minimum Gasteiger partial charge on any atom is -0.489 e. The number of rotatable bonds is 7. The lowest BCUT2D eigenvalue weighted by Gasteiger charge is -2.19. The number of nitrogens with zero attached hydrogens (tertiary/aromatic N) is 2. The molecule has 4 rings (SSSR count). The predicted octanol–water partition coefficient (Wildman–Crippen LogP) is 3.64. The van der Waals surface area contributed by atoms with Crippen molar-refractivity contribution in [2.45, 2.75) is 6.61 Å². The van der Waals surface area contributed by atoms with E-state index in [1.165, 1.54) is 30.5 Å². The van der Waals surface area contributed by atoms with E-state index in [1.54, 1.807) is 36.4 Å². The molecule has 0 saturated carbocycles. The maximum Gasteiger partial charge on any atom is 0.245 e. The van der Waals surface area contributed by atoms with Gasteiger partial charge in [0.1, 0.15) is 24.2 Å². The maximum atomic E-state index is 13.1. The van der Waals surface area contributed by atoms with Crippen LogP contribution in [0.1, 0.15) is 11.1 Å². The minimum absolute atomic E-state index is 0.0731. The van der Waals surface area contributed by atoms with Crippen molar-refractivity contribution in [3.63, 3.8) is 0 Å². The zero-order valence-corrected chi connectivity index (χ0v) is 20.8. The van der Waals surface area contributed by atoms with E-state index in [1.807, 2.05) is 6.07 Å². The summed E-state index contributed by atoms with van der Waals surface area (Å²) >= 11 is 0. The summed E-state index contributed by atoms with van der Waals surface area (Å²) in [6.07, 6.45) is 2.87. The smallest absolute Gasteiger partial charge is 0.245 e. The monoisotopic (exact) mass is 524 g/mol.